The fourth-order valence-electron chi connectivity index (χ4n) is 2.05. The molecule has 0 saturated heterocycles. The second-order valence-electron chi connectivity index (χ2n) is 4.38. The third kappa shape index (κ3) is 4.45. The van der Waals surface area contributed by atoms with Crippen LogP contribution in [0.15, 0.2) is 0 Å². The molecule has 0 aromatic rings. The minimum atomic E-state index is -0.697. The van der Waals surface area contributed by atoms with Crippen LogP contribution in [0.25, 0.3) is 0 Å². The Balaban J connectivity index is 2.32. The highest BCUT2D eigenvalue weighted by molar-refractivity contribution is 7.99. The highest BCUT2D eigenvalue weighted by Gasteiger charge is 2.24. The lowest BCUT2D eigenvalue weighted by Gasteiger charge is -2.31. The monoisotopic (exact) mass is 249 g/mol. The molecule has 1 fully saturated rings. The molecule has 1 aliphatic carbocycles. The summed E-state index contributed by atoms with van der Waals surface area (Å²) in [5.74, 6) is 0. The van der Waals surface area contributed by atoms with E-state index in [2.05, 4.69) is 18.5 Å². The van der Waals surface area contributed by atoms with Crippen LogP contribution in [0.3, 0.4) is 0 Å². The third-order valence-electron chi connectivity index (χ3n) is 3.24. The van der Waals surface area contributed by atoms with Crippen LogP contribution in [0.1, 0.15) is 32.6 Å². The second-order valence-corrected chi connectivity index (χ2v) is 7.26. The predicted molar refractivity (Wildman–Crippen MR) is 71.1 cm³/mol. The van der Waals surface area contributed by atoms with Crippen LogP contribution in [0.5, 0.6) is 0 Å². The van der Waals surface area contributed by atoms with Gasteiger partial charge in [-0.05, 0) is 26.0 Å². The Morgan fingerprint density at radius 2 is 2.13 bits per heavy atom. The molecule has 1 rings (SSSR count). The van der Waals surface area contributed by atoms with E-state index in [-0.39, 0.29) is 5.25 Å². The molecule has 4 heteroatoms. The van der Waals surface area contributed by atoms with Gasteiger partial charge >= 0.3 is 0 Å². The largest absolute Gasteiger partial charge is 0.312 e. The van der Waals surface area contributed by atoms with Crippen molar-refractivity contribution in [1.82, 2.24) is 5.32 Å². The molecular formula is C11H23NOS2. The van der Waals surface area contributed by atoms with E-state index in [1.54, 1.807) is 6.26 Å². The Hall–Kier alpha value is 0.460. The summed E-state index contributed by atoms with van der Waals surface area (Å²) >= 11 is 1.98. The number of rotatable bonds is 5. The summed E-state index contributed by atoms with van der Waals surface area (Å²) in [6.07, 6.45) is 9.33. The van der Waals surface area contributed by atoms with E-state index in [0.717, 1.165) is 11.8 Å². The molecular weight excluding hydrogens is 226 g/mol. The highest BCUT2D eigenvalue weighted by atomic mass is 32.2. The molecule has 0 aromatic carbocycles. The maximum Gasteiger partial charge on any atom is 0.0441 e. The van der Waals surface area contributed by atoms with Crippen molar-refractivity contribution in [3.8, 4) is 0 Å². The van der Waals surface area contributed by atoms with Crippen molar-refractivity contribution in [2.75, 3.05) is 19.1 Å². The molecule has 0 aliphatic heterocycles. The van der Waals surface area contributed by atoms with Crippen molar-refractivity contribution in [3.05, 3.63) is 0 Å². The van der Waals surface area contributed by atoms with Gasteiger partial charge in [0.2, 0.25) is 0 Å². The normalized spacial score (nSPS) is 31.1. The smallest absolute Gasteiger partial charge is 0.0441 e. The standard InChI is InChI=1S/C11H23NOS2/c1-9(15(3)13)8-12-10-6-4-5-7-11(10)14-2/h9-12H,4-8H2,1-3H3. The van der Waals surface area contributed by atoms with E-state index in [0.29, 0.717) is 6.04 Å². The quantitative estimate of drug-likeness (QED) is 0.808. The van der Waals surface area contributed by atoms with Crippen LogP contribution in [0, 0.1) is 0 Å². The molecule has 15 heavy (non-hydrogen) atoms. The van der Waals surface area contributed by atoms with Crippen molar-refractivity contribution in [2.45, 2.75) is 49.1 Å². The first-order valence-electron chi connectivity index (χ1n) is 5.73. The molecule has 1 N–H and O–H groups in total. The average molecular weight is 249 g/mol. The van der Waals surface area contributed by atoms with Crippen molar-refractivity contribution >= 4 is 22.6 Å². The zero-order chi connectivity index (χ0) is 11.3. The van der Waals surface area contributed by atoms with Crippen LogP contribution in [0.4, 0.5) is 0 Å². The van der Waals surface area contributed by atoms with Crippen molar-refractivity contribution in [3.63, 3.8) is 0 Å². The van der Waals surface area contributed by atoms with Crippen molar-refractivity contribution < 1.29 is 4.21 Å². The fourth-order valence-corrected chi connectivity index (χ4v) is 3.34. The molecule has 0 spiro atoms. The summed E-state index contributed by atoms with van der Waals surface area (Å²) < 4.78 is 11.2. The minimum absolute atomic E-state index is 0.273. The lowest BCUT2D eigenvalue weighted by molar-refractivity contribution is 0.386. The summed E-state index contributed by atoms with van der Waals surface area (Å²) in [5.41, 5.74) is 0. The molecule has 0 amide bonds. The number of nitrogens with one attached hydrogen (secondary N) is 1. The van der Waals surface area contributed by atoms with E-state index in [1.807, 2.05) is 11.8 Å². The molecule has 0 aromatic heterocycles. The Morgan fingerprint density at radius 3 is 2.73 bits per heavy atom. The summed E-state index contributed by atoms with van der Waals surface area (Å²) in [6, 6.07) is 0.639. The van der Waals surface area contributed by atoms with Gasteiger partial charge in [0.1, 0.15) is 0 Å². The van der Waals surface area contributed by atoms with Crippen LogP contribution >= 0.6 is 11.8 Å². The van der Waals surface area contributed by atoms with Gasteiger partial charge in [-0.1, -0.05) is 12.8 Å². The van der Waals surface area contributed by atoms with Crippen LogP contribution < -0.4 is 5.32 Å². The minimum Gasteiger partial charge on any atom is -0.312 e. The first-order chi connectivity index (χ1) is 7.15. The van der Waals surface area contributed by atoms with Crippen molar-refractivity contribution in [2.24, 2.45) is 0 Å². The SMILES string of the molecule is CSC1CCCCC1NCC(C)S(C)=O. The highest BCUT2D eigenvalue weighted by Crippen LogP contribution is 2.27. The van der Waals surface area contributed by atoms with E-state index < -0.39 is 10.8 Å². The maximum atomic E-state index is 11.2. The van der Waals surface area contributed by atoms with Gasteiger partial charge in [0, 0.05) is 40.1 Å². The van der Waals surface area contributed by atoms with Crippen molar-refractivity contribution in [1.29, 1.82) is 0 Å². The van der Waals surface area contributed by atoms with Gasteiger partial charge in [0.05, 0.1) is 0 Å². The number of hydrogen-bond acceptors (Lipinski definition) is 3. The molecule has 1 aliphatic rings. The lowest BCUT2D eigenvalue weighted by Crippen LogP contribution is -2.43. The molecule has 90 valence electrons. The first-order valence-corrected chi connectivity index (χ1v) is 8.64. The molecule has 1 saturated carbocycles. The van der Waals surface area contributed by atoms with Crippen LogP contribution in [-0.2, 0) is 10.8 Å². The first kappa shape index (κ1) is 13.5. The molecule has 4 unspecified atom stereocenters. The average Bonchev–Trinajstić information content (AvgIpc) is 2.26. The van der Waals surface area contributed by atoms with Gasteiger partial charge in [-0.3, -0.25) is 4.21 Å². The van der Waals surface area contributed by atoms with E-state index in [9.17, 15) is 4.21 Å². The van der Waals surface area contributed by atoms with Gasteiger partial charge < -0.3 is 5.32 Å². The van der Waals surface area contributed by atoms with E-state index in [4.69, 9.17) is 0 Å². The molecule has 4 atom stereocenters. The lowest BCUT2D eigenvalue weighted by atomic mass is 9.95. The summed E-state index contributed by atoms with van der Waals surface area (Å²) in [4.78, 5) is 0. The van der Waals surface area contributed by atoms with E-state index in [1.165, 1.54) is 25.7 Å². The van der Waals surface area contributed by atoms with Gasteiger partial charge in [0.15, 0.2) is 0 Å². The van der Waals surface area contributed by atoms with Crippen LogP contribution in [-0.4, -0.2) is 39.8 Å². The number of hydrogen-bond donors (Lipinski definition) is 1. The second kappa shape index (κ2) is 6.92. The summed E-state index contributed by atoms with van der Waals surface area (Å²) in [6.45, 7) is 2.95. The predicted octanol–water partition coefficient (Wildman–Crippen LogP) is 2.02. The molecule has 2 nitrogen and oxygen atoms in total. The van der Waals surface area contributed by atoms with Gasteiger partial charge in [-0.2, -0.15) is 11.8 Å². The summed E-state index contributed by atoms with van der Waals surface area (Å²) in [5, 5.41) is 4.62. The summed E-state index contributed by atoms with van der Waals surface area (Å²) in [7, 11) is -0.697. The van der Waals surface area contributed by atoms with Crippen LogP contribution in [0.2, 0.25) is 0 Å². The zero-order valence-electron chi connectivity index (χ0n) is 9.99. The fraction of sp³-hybridized carbons (Fsp3) is 1.00. The van der Waals surface area contributed by atoms with Gasteiger partial charge in [-0.15, -0.1) is 0 Å². The Kier molecular flexibility index (Phi) is 6.24. The number of thioether (sulfide) groups is 1. The zero-order valence-corrected chi connectivity index (χ0v) is 11.6. The Bertz CT molecular complexity index is 211. The molecule has 0 heterocycles. The topological polar surface area (TPSA) is 29.1 Å². The van der Waals surface area contributed by atoms with Gasteiger partial charge in [-0.25, -0.2) is 0 Å². The third-order valence-corrected chi connectivity index (χ3v) is 5.71. The molecule has 0 bridgehead atoms. The van der Waals surface area contributed by atoms with E-state index >= 15 is 0 Å². The Labute approximate surface area is 100 Å². The molecule has 0 radical (unpaired) electrons. The maximum absolute atomic E-state index is 11.2. The Morgan fingerprint density at radius 1 is 1.47 bits per heavy atom. The van der Waals surface area contributed by atoms with Gasteiger partial charge in [0.25, 0.3) is 0 Å².